The third kappa shape index (κ3) is 21.2. The highest BCUT2D eigenvalue weighted by atomic mass is 16.5. The second kappa shape index (κ2) is 16.4. The zero-order valence-electron chi connectivity index (χ0n) is 27.7. The third-order valence-electron chi connectivity index (χ3n) is 5.16. The maximum atomic E-state index is 13.1. The number of carbonyl (C=O) groups is 4. The lowest BCUT2D eigenvalue weighted by Gasteiger charge is -2.36. The predicted molar refractivity (Wildman–Crippen MR) is 160 cm³/mol. The molecule has 4 amide bonds. The van der Waals surface area contributed by atoms with Crippen LogP contribution >= 0.6 is 0 Å². The lowest BCUT2D eigenvalue weighted by Crippen LogP contribution is -2.60. The molecule has 0 bridgehead atoms. The first-order valence-corrected chi connectivity index (χ1v) is 14.4. The average molecular weight is 587 g/mol. The van der Waals surface area contributed by atoms with E-state index in [9.17, 15) is 19.2 Å². The van der Waals surface area contributed by atoms with Crippen molar-refractivity contribution in [2.75, 3.05) is 39.6 Å². The van der Waals surface area contributed by atoms with Crippen molar-refractivity contribution in [3.05, 3.63) is 0 Å². The first-order chi connectivity index (χ1) is 18.4. The lowest BCUT2D eigenvalue weighted by atomic mass is 9.92. The molecule has 0 aliphatic rings. The zero-order chi connectivity index (χ0) is 32.1. The fraction of sp³-hybridized carbons (Fsp3) is 0.867. The van der Waals surface area contributed by atoms with Gasteiger partial charge in [-0.3, -0.25) is 19.2 Å². The molecule has 0 heterocycles. The molecular formula is C30H58N4O7. The topological polar surface area (TPSA) is 144 Å². The molecule has 0 radical (unpaired) electrons. The van der Waals surface area contributed by atoms with Crippen LogP contribution in [0.3, 0.4) is 0 Å². The van der Waals surface area contributed by atoms with E-state index in [1.165, 1.54) is 0 Å². The van der Waals surface area contributed by atoms with Gasteiger partial charge in [-0.25, -0.2) is 0 Å². The second-order valence-corrected chi connectivity index (χ2v) is 14.8. The van der Waals surface area contributed by atoms with Crippen molar-refractivity contribution in [1.29, 1.82) is 0 Å². The first-order valence-electron chi connectivity index (χ1n) is 14.4. The summed E-state index contributed by atoms with van der Waals surface area (Å²) < 4.78 is 17.7. The minimum absolute atomic E-state index is 0.00000701. The summed E-state index contributed by atoms with van der Waals surface area (Å²) in [6.45, 7) is 22.8. The van der Waals surface area contributed by atoms with Crippen LogP contribution in [0.1, 0.15) is 102 Å². The van der Waals surface area contributed by atoms with Crippen molar-refractivity contribution in [3.8, 4) is 0 Å². The maximum absolute atomic E-state index is 13.1. The van der Waals surface area contributed by atoms with E-state index in [1.54, 1.807) is 20.8 Å². The largest absolute Gasteiger partial charge is 0.378 e. The van der Waals surface area contributed by atoms with Crippen LogP contribution in [-0.2, 0) is 33.4 Å². The van der Waals surface area contributed by atoms with Gasteiger partial charge in [-0.2, -0.15) is 0 Å². The Kier molecular flexibility index (Phi) is 15.5. The van der Waals surface area contributed by atoms with Crippen LogP contribution in [0.15, 0.2) is 0 Å². The van der Waals surface area contributed by atoms with Crippen LogP contribution in [0, 0.1) is 5.41 Å². The van der Waals surface area contributed by atoms with Gasteiger partial charge in [0, 0.05) is 41.3 Å². The Morgan fingerprint density at radius 1 is 0.463 bits per heavy atom. The highest BCUT2D eigenvalue weighted by molar-refractivity contribution is 5.82. The van der Waals surface area contributed by atoms with E-state index < -0.39 is 11.0 Å². The summed E-state index contributed by atoms with van der Waals surface area (Å²) >= 11 is 0. The van der Waals surface area contributed by atoms with Crippen molar-refractivity contribution in [3.63, 3.8) is 0 Å². The van der Waals surface area contributed by atoms with E-state index in [-0.39, 0.29) is 99.1 Å². The Labute approximate surface area is 248 Å². The molecule has 240 valence electrons. The Morgan fingerprint density at radius 3 is 0.951 bits per heavy atom. The second-order valence-electron chi connectivity index (χ2n) is 14.8. The van der Waals surface area contributed by atoms with E-state index in [0.29, 0.717) is 0 Å². The molecule has 0 aliphatic carbocycles. The van der Waals surface area contributed by atoms with Gasteiger partial charge < -0.3 is 35.5 Å². The molecular weight excluding hydrogens is 528 g/mol. The molecule has 0 spiro atoms. The van der Waals surface area contributed by atoms with E-state index >= 15 is 0 Å². The molecule has 11 nitrogen and oxygen atoms in total. The van der Waals surface area contributed by atoms with Gasteiger partial charge in [-0.15, -0.1) is 0 Å². The number of hydrogen-bond donors (Lipinski definition) is 4. The minimum Gasteiger partial charge on any atom is -0.378 e. The lowest BCUT2D eigenvalue weighted by molar-refractivity contribution is -0.136. The molecule has 0 aromatic carbocycles. The number of ether oxygens (including phenoxy) is 3. The summed E-state index contributed by atoms with van der Waals surface area (Å²) in [4.78, 5) is 49.9. The van der Waals surface area contributed by atoms with E-state index in [4.69, 9.17) is 14.2 Å². The number of carbonyl (C=O) groups excluding carboxylic acids is 4. The van der Waals surface area contributed by atoms with Crippen LogP contribution in [0.5, 0.6) is 0 Å². The highest BCUT2D eigenvalue weighted by Gasteiger charge is 2.37. The summed E-state index contributed by atoms with van der Waals surface area (Å²) in [5.41, 5.74) is -2.91. The summed E-state index contributed by atoms with van der Waals surface area (Å²) in [5.74, 6) is -0.688. The Hall–Kier alpha value is -2.24. The summed E-state index contributed by atoms with van der Waals surface area (Å²) in [7, 11) is 0. The van der Waals surface area contributed by atoms with Crippen LogP contribution in [0.2, 0.25) is 0 Å². The monoisotopic (exact) mass is 586 g/mol. The fourth-order valence-electron chi connectivity index (χ4n) is 3.40. The number of rotatable bonds is 16. The molecule has 0 aromatic rings. The average Bonchev–Trinajstić information content (AvgIpc) is 2.73. The Morgan fingerprint density at radius 2 is 0.732 bits per heavy atom. The summed E-state index contributed by atoms with van der Waals surface area (Å²) in [5, 5.41) is 11.7. The van der Waals surface area contributed by atoms with Crippen LogP contribution in [0.25, 0.3) is 0 Å². The summed E-state index contributed by atoms with van der Waals surface area (Å²) in [6.07, 6.45) is 0.423. The van der Waals surface area contributed by atoms with Crippen LogP contribution in [-0.4, -0.2) is 85.4 Å². The molecule has 4 N–H and O–H groups in total. The predicted octanol–water partition coefficient (Wildman–Crippen LogP) is 2.85. The Bertz CT molecular complexity index is 759. The molecule has 0 rings (SSSR count). The van der Waals surface area contributed by atoms with Gasteiger partial charge in [0.15, 0.2) is 0 Å². The van der Waals surface area contributed by atoms with Crippen molar-refractivity contribution in [1.82, 2.24) is 21.3 Å². The van der Waals surface area contributed by atoms with E-state index in [2.05, 4.69) is 21.3 Å². The molecule has 0 fully saturated rings. The molecule has 0 saturated carbocycles. The van der Waals surface area contributed by atoms with Crippen LogP contribution < -0.4 is 21.3 Å². The molecule has 0 aromatic heterocycles. The molecule has 41 heavy (non-hydrogen) atoms. The van der Waals surface area contributed by atoms with Crippen molar-refractivity contribution < 1.29 is 33.4 Å². The van der Waals surface area contributed by atoms with Gasteiger partial charge in [0.1, 0.15) is 5.54 Å². The quantitative estimate of drug-likeness (QED) is 0.204. The van der Waals surface area contributed by atoms with Gasteiger partial charge >= 0.3 is 0 Å². The fourth-order valence-corrected chi connectivity index (χ4v) is 3.40. The van der Waals surface area contributed by atoms with Gasteiger partial charge in [-0.05, 0) is 62.3 Å². The zero-order valence-corrected chi connectivity index (χ0v) is 27.7. The summed E-state index contributed by atoms with van der Waals surface area (Å²) in [6, 6.07) is 0. The van der Waals surface area contributed by atoms with E-state index in [1.807, 2.05) is 62.3 Å². The normalized spacial score (nSPS) is 13.0. The van der Waals surface area contributed by atoms with Gasteiger partial charge in [0.05, 0.1) is 39.6 Å². The molecule has 11 heteroatoms. The molecule has 0 saturated heterocycles. The van der Waals surface area contributed by atoms with Gasteiger partial charge in [-0.1, -0.05) is 20.8 Å². The Balaban J connectivity index is 5.56. The molecule has 0 atom stereocenters. The highest BCUT2D eigenvalue weighted by Crippen LogP contribution is 2.18. The number of amides is 4. The number of hydrogen-bond acceptors (Lipinski definition) is 7. The van der Waals surface area contributed by atoms with Crippen LogP contribution in [0.4, 0.5) is 0 Å². The SMILES string of the molecule is CC(C)(C)NC(=O)CCOCC(COCCC(=O)NC(C)(C)C)(COCCC(=O)NC(C)(C)C)NC(=O)C(C)(C)C. The van der Waals surface area contributed by atoms with Gasteiger partial charge in [0.2, 0.25) is 23.6 Å². The standard InChI is InChI=1S/C30H58N4O7/c1-26(2,3)25(38)34-30(19-39-16-13-22(35)31-27(4,5)6,20-40-17-14-23(36)32-28(7,8)9)21-41-18-15-24(37)33-29(10,11)12/h13-21H2,1-12H3,(H,31,35)(H,32,36)(H,33,37)(H,34,38). The van der Waals surface area contributed by atoms with E-state index in [0.717, 1.165) is 0 Å². The maximum Gasteiger partial charge on any atom is 0.226 e. The van der Waals surface area contributed by atoms with Crippen molar-refractivity contribution in [2.45, 2.75) is 125 Å². The first kappa shape index (κ1) is 38.8. The third-order valence-corrected chi connectivity index (χ3v) is 5.16. The minimum atomic E-state index is -1.12. The van der Waals surface area contributed by atoms with Crippen molar-refractivity contribution in [2.24, 2.45) is 5.41 Å². The van der Waals surface area contributed by atoms with Crippen molar-refractivity contribution >= 4 is 23.6 Å². The number of nitrogens with one attached hydrogen (secondary N) is 4. The molecule has 0 unspecified atom stereocenters. The molecule has 0 aliphatic heterocycles. The van der Waals surface area contributed by atoms with Gasteiger partial charge in [0.25, 0.3) is 0 Å². The smallest absolute Gasteiger partial charge is 0.226 e.